The highest BCUT2D eigenvalue weighted by molar-refractivity contribution is 6.32. The van der Waals surface area contributed by atoms with Crippen LogP contribution >= 0.6 is 0 Å². The maximum absolute atomic E-state index is 10.5. The minimum atomic E-state index is -0.110. The summed E-state index contributed by atoms with van der Waals surface area (Å²) in [5.74, 6) is 0.296. The topological polar surface area (TPSA) is 32.6 Å². The average Bonchev–Trinajstić information content (AvgIpc) is 2.37. The molecule has 0 heterocycles. The molecule has 2 radical (unpaired) electrons. The quantitative estimate of drug-likeness (QED) is 0.661. The fourth-order valence-corrected chi connectivity index (χ4v) is 2.60. The van der Waals surface area contributed by atoms with Gasteiger partial charge in [-0.2, -0.15) is 0 Å². The maximum Gasteiger partial charge on any atom is 0.128 e. The molecule has 2 aromatic carbocycles. The first-order valence-electron chi connectivity index (χ1n) is 7.43. The van der Waals surface area contributed by atoms with E-state index in [1.165, 1.54) is 0 Å². The van der Waals surface area contributed by atoms with E-state index < -0.39 is 0 Å². The number of nitrogens with zero attached hydrogens (tertiary/aromatic N) is 1. The Bertz CT molecular complexity index is 704. The molecule has 0 aliphatic rings. The van der Waals surface area contributed by atoms with Crippen LogP contribution in [0.4, 0.5) is 5.69 Å². The van der Waals surface area contributed by atoms with E-state index in [-0.39, 0.29) is 5.41 Å². The fourth-order valence-electron chi connectivity index (χ4n) is 2.60. The highest BCUT2D eigenvalue weighted by Gasteiger charge is 2.19. The summed E-state index contributed by atoms with van der Waals surface area (Å²) >= 11 is 0. The molecule has 0 atom stereocenters. The number of hydrogen-bond acceptors (Lipinski definition) is 2. The first-order chi connectivity index (χ1) is 10.2. The van der Waals surface area contributed by atoms with Gasteiger partial charge >= 0.3 is 0 Å². The maximum atomic E-state index is 10.5. The van der Waals surface area contributed by atoms with E-state index in [4.69, 9.17) is 7.85 Å². The van der Waals surface area contributed by atoms with Crippen LogP contribution in [-0.4, -0.2) is 19.2 Å². The number of hydrogen-bond donors (Lipinski definition) is 1. The largest absolute Gasteiger partial charge is 0.507 e. The van der Waals surface area contributed by atoms with Gasteiger partial charge in [-0.1, -0.05) is 50.5 Å². The van der Waals surface area contributed by atoms with Crippen molar-refractivity contribution in [1.82, 2.24) is 0 Å². The van der Waals surface area contributed by atoms with Gasteiger partial charge < -0.3 is 5.11 Å². The van der Waals surface area contributed by atoms with Gasteiger partial charge in [0.2, 0.25) is 0 Å². The number of aryl methyl sites for hydroxylation is 2. The molecule has 1 N–H and O–H groups in total. The average molecular weight is 291 g/mol. The van der Waals surface area contributed by atoms with Crippen molar-refractivity contribution >= 4 is 25.2 Å². The zero-order valence-electron chi connectivity index (χ0n) is 13.9. The second-order valence-corrected chi connectivity index (χ2v) is 6.75. The van der Waals surface area contributed by atoms with Crippen LogP contribution < -0.4 is 5.46 Å². The van der Waals surface area contributed by atoms with Gasteiger partial charge in [-0.25, -0.2) is 0 Å². The van der Waals surface area contributed by atoms with Crippen molar-refractivity contribution in [2.45, 2.75) is 40.0 Å². The molecule has 112 valence electrons. The van der Waals surface area contributed by atoms with Crippen molar-refractivity contribution in [2.75, 3.05) is 0 Å². The van der Waals surface area contributed by atoms with Crippen LogP contribution in [-0.2, 0) is 5.41 Å². The molecule has 0 unspecified atom stereocenters. The first kappa shape index (κ1) is 16.3. The monoisotopic (exact) mass is 291 g/mol. The molecule has 0 amide bonds. The standard InChI is InChI=1S/C19H22BNO/c1-12-9-15(20)10-13(2)17(12)21-11-14-7-6-8-16(18(14)22)19(3,4)5/h6-11,22H,1-5H3. The lowest BCUT2D eigenvalue weighted by Crippen LogP contribution is -2.11. The molecule has 2 nitrogen and oxygen atoms in total. The van der Waals surface area contributed by atoms with Crippen LogP contribution in [0.25, 0.3) is 0 Å². The molecule has 3 heteroatoms. The Balaban J connectivity index is 2.44. The molecule has 0 fully saturated rings. The number of rotatable bonds is 2. The van der Waals surface area contributed by atoms with Crippen molar-refractivity contribution in [3.05, 3.63) is 52.6 Å². The van der Waals surface area contributed by atoms with Crippen molar-refractivity contribution in [2.24, 2.45) is 4.99 Å². The number of phenols is 1. The summed E-state index contributed by atoms with van der Waals surface area (Å²) in [5.41, 5.74) is 5.23. The summed E-state index contributed by atoms with van der Waals surface area (Å²) in [4.78, 5) is 4.56. The molecule has 0 bridgehead atoms. The number of aliphatic imine (C=N–C) groups is 1. The van der Waals surface area contributed by atoms with E-state index in [0.29, 0.717) is 5.75 Å². The molecule has 2 rings (SSSR count). The lowest BCUT2D eigenvalue weighted by molar-refractivity contribution is 0.446. The summed E-state index contributed by atoms with van der Waals surface area (Å²) in [6, 6.07) is 9.59. The second-order valence-electron chi connectivity index (χ2n) is 6.75. The zero-order chi connectivity index (χ0) is 16.5. The molecular weight excluding hydrogens is 269 g/mol. The van der Waals surface area contributed by atoms with E-state index in [9.17, 15) is 5.11 Å². The third-order valence-electron chi connectivity index (χ3n) is 3.72. The third-order valence-corrected chi connectivity index (χ3v) is 3.72. The van der Waals surface area contributed by atoms with Crippen molar-refractivity contribution < 1.29 is 5.11 Å². The predicted molar refractivity (Wildman–Crippen MR) is 95.4 cm³/mol. The van der Waals surface area contributed by atoms with Gasteiger partial charge in [0.1, 0.15) is 13.6 Å². The SMILES string of the molecule is [B]c1cc(C)c(N=Cc2cccc(C(C)(C)C)c2O)c(C)c1. The van der Waals surface area contributed by atoms with E-state index in [0.717, 1.165) is 33.4 Å². The van der Waals surface area contributed by atoms with Crippen LogP contribution in [0.3, 0.4) is 0 Å². The van der Waals surface area contributed by atoms with Gasteiger partial charge in [-0.15, -0.1) is 0 Å². The lowest BCUT2D eigenvalue weighted by atomic mass is 9.85. The minimum Gasteiger partial charge on any atom is -0.507 e. The van der Waals surface area contributed by atoms with Crippen LogP contribution in [0.1, 0.15) is 43.0 Å². The second kappa shape index (κ2) is 6.00. The van der Waals surface area contributed by atoms with Gasteiger partial charge in [0.15, 0.2) is 0 Å². The number of aromatic hydroxyl groups is 1. The van der Waals surface area contributed by atoms with Crippen LogP contribution in [0.5, 0.6) is 5.75 Å². The minimum absolute atomic E-state index is 0.110. The number of para-hydroxylation sites is 1. The van der Waals surface area contributed by atoms with Gasteiger partial charge in [-0.05, 0) is 42.0 Å². The van der Waals surface area contributed by atoms with Crippen LogP contribution in [0, 0.1) is 13.8 Å². The van der Waals surface area contributed by atoms with Gasteiger partial charge in [-0.3, -0.25) is 4.99 Å². The highest BCUT2D eigenvalue weighted by Crippen LogP contribution is 2.32. The lowest BCUT2D eigenvalue weighted by Gasteiger charge is -2.21. The Morgan fingerprint density at radius 3 is 2.23 bits per heavy atom. The highest BCUT2D eigenvalue weighted by atomic mass is 16.3. The molecular formula is C19H22BNO. The Kier molecular flexibility index (Phi) is 4.46. The Labute approximate surface area is 134 Å². The molecule has 0 aromatic heterocycles. The Morgan fingerprint density at radius 1 is 1.09 bits per heavy atom. The smallest absolute Gasteiger partial charge is 0.128 e. The molecule has 22 heavy (non-hydrogen) atoms. The fraction of sp³-hybridized carbons (Fsp3) is 0.316. The van der Waals surface area contributed by atoms with Gasteiger partial charge in [0, 0.05) is 11.8 Å². The van der Waals surface area contributed by atoms with E-state index >= 15 is 0 Å². The van der Waals surface area contributed by atoms with E-state index in [1.54, 1.807) is 6.21 Å². The van der Waals surface area contributed by atoms with Crippen LogP contribution in [0.2, 0.25) is 0 Å². The number of benzene rings is 2. The molecule has 0 spiro atoms. The summed E-state index contributed by atoms with van der Waals surface area (Å²) in [5, 5.41) is 10.5. The summed E-state index contributed by atoms with van der Waals surface area (Å²) in [6.45, 7) is 10.2. The summed E-state index contributed by atoms with van der Waals surface area (Å²) < 4.78 is 0. The van der Waals surface area contributed by atoms with Crippen molar-refractivity contribution in [1.29, 1.82) is 0 Å². The molecule has 0 aliphatic heterocycles. The zero-order valence-corrected chi connectivity index (χ0v) is 13.9. The first-order valence-corrected chi connectivity index (χ1v) is 7.43. The summed E-state index contributed by atoms with van der Waals surface area (Å²) in [7, 11) is 5.84. The molecule has 2 aromatic rings. The Hall–Kier alpha value is -2.03. The third kappa shape index (κ3) is 3.41. The Morgan fingerprint density at radius 2 is 1.68 bits per heavy atom. The van der Waals surface area contributed by atoms with Gasteiger partial charge in [0.05, 0.1) is 5.69 Å². The van der Waals surface area contributed by atoms with E-state index in [1.807, 2.05) is 44.2 Å². The van der Waals surface area contributed by atoms with Gasteiger partial charge in [0.25, 0.3) is 0 Å². The van der Waals surface area contributed by atoms with Crippen LogP contribution in [0.15, 0.2) is 35.3 Å². The van der Waals surface area contributed by atoms with E-state index in [2.05, 4.69) is 25.8 Å². The molecule has 0 saturated heterocycles. The summed E-state index contributed by atoms with van der Waals surface area (Å²) in [6.07, 6.45) is 1.72. The number of phenolic OH excluding ortho intramolecular Hbond substituents is 1. The molecule has 0 aliphatic carbocycles. The molecule has 0 saturated carbocycles. The predicted octanol–water partition coefficient (Wildman–Crippen LogP) is 3.85. The van der Waals surface area contributed by atoms with Crippen molar-refractivity contribution in [3.8, 4) is 5.75 Å². The van der Waals surface area contributed by atoms with Crippen molar-refractivity contribution in [3.63, 3.8) is 0 Å². The normalized spacial score (nSPS) is 12.0.